The molecule has 1 aromatic rings. The number of nitrogens with zero attached hydrogens (tertiary/aromatic N) is 1. The maximum atomic E-state index is 6.16. The molecule has 1 aromatic carbocycles. The molecule has 20 heavy (non-hydrogen) atoms. The largest absolute Gasteiger partial charge is 0.344 e. The maximum Gasteiger partial charge on any atom is 0.173 e. The van der Waals surface area contributed by atoms with E-state index in [1.807, 2.05) is 25.1 Å². The summed E-state index contributed by atoms with van der Waals surface area (Å²) in [5, 5.41) is 4.89. The standard InChI is InChI=1S/C16H25ClN2S/c1-6-11(3)19(12(4)7-2)16(20)18-15-10-8-9-14(17)13(15)5/h8-12H,6-7H2,1-5H3,(H,18,20). The van der Waals surface area contributed by atoms with Crippen LogP contribution in [0.1, 0.15) is 46.1 Å². The number of anilines is 1. The lowest BCUT2D eigenvalue weighted by Gasteiger charge is -2.36. The zero-order chi connectivity index (χ0) is 15.3. The highest BCUT2D eigenvalue weighted by molar-refractivity contribution is 7.80. The Morgan fingerprint density at radius 1 is 1.25 bits per heavy atom. The monoisotopic (exact) mass is 312 g/mol. The van der Waals surface area contributed by atoms with Crippen LogP contribution in [0.3, 0.4) is 0 Å². The molecule has 0 aliphatic carbocycles. The Morgan fingerprint density at radius 3 is 2.30 bits per heavy atom. The van der Waals surface area contributed by atoms with E-state index in [4.69, 9.17) is 23.8 Å². The molecule has 0 aliphatic rings. The fourth-order valence-corrected chi connectivity index (χ4v) is 2.80. The Kier molecular flexibility index (Phi) is 6.77. The lowest BCUT2D eigenvalue weighted by molar-refractivity contribution is 0.254. The van der Waals surface area contributed by atoms with Crippen LogP contribution in [0.25, 0.3) is 0 Å². The van der Waals surface area contributed by atoms with Gasteiger partial charge in [0.1, 0.15) is 0 Å². The van der Waals surface area contributed by atoms with Gasteiger partial charge < -0.3 is 10.2 Å². The third kappa shape index (κ3) is 4.10. The van der Waals surface area contributed by atoms with Crippen LogP contribution in [0.5, 0.6) is 0 Å². The van der Waals surface area contributed by atoms with Crippen molar-refractivity contribution >= 4 is 34.6 Å². The fraction of sp³-hybridized carbons (Fsp3) is 0.562. The molecule has 2 atom stereocenters. The van der Waals surface area contributed by atoms with Crippen molar-refractivity contribution < 1.29 is 0 Å². The number of hydrogen-bond acceptors (Lipinski definition) is 1. The molecule has 0 saturated carbocycles. The van der Waals surface area contributed by atoms with E-state index in [2.05, 4.69) is 37.9 Å². The third-order valence-corrected chi connectivity index (χ3v) is 4.60. The minimum Gasteiger partial charge on any atom is -0.344 e. The van der Waals surface area contributed by atoms with Crippen molar-refractivity contribution in [2.45, 2.75) is 59.5 Å². The van der Waals surface area contributed by atoms with Gasteiger partial charge in [-0.1, -0.05) is 31.5 Å². The second-order valence-electron chi connectivity index (χ2n) is 5.26. The molecule has 0 spiro atoms. The lowest BCUT2D eigenvalue weighted by Crippen LogP contribution is -2.46. The Hall–Kier alpha value is -0.800. The quantitative estimate of drug-likeness (QED) is 0.748. The number of halogens is 1. The van der Waals surface area contributed by atoms with E-state index in [0.717, 1.165) is 34.2 Å². The lowest BCUT2D eigenvalue weighted by atomic mass is 10.1. The molecule has 112 valence electrons. The van der Waals surface area contributed by atoms with Crippen LogP contribution in [0, 0.1) is 6.92 Å². The zero-order valence-electron chi connectivity index (χ0n) is 13.0. The van der Waals surface area contributed by atoms with Crippen LogP contribution in [0.2, 0.25) is 5.02 Å². The molecule has 0 aliphatic heterocycles. The smallest absolute Gasteiger partial charge is 0.173 e. The van der Waals surface area contributed by atoms with Crippen molar-refractivity contribution in [2.24, 2.45) is 0 Å². The highest BCUT2D eigenvalue weighted by Gasteiger charge is 2.21. The first-order chi connectivity index (χ1) is 9.42. The van der Waals surface area contributed by atoms with Crippen molar-refractivity contribution in [1.29, 1.82) is 0 Å². The van der Waals surface area contributed by atoms with Crippen LogP contribution in [0.15, 0.2) is 18.2 Å². The van der Waals surface area contributed by atoms with Crippen molar-refractivity contribution in [1.82, 2.24) is 4.90 Å². The first kappa shape index (κ1) is 17.3. The van der Waals surface area contributed by atoms with Gasteiger partial charge in [-0.15, -0.1) is 0 Å². The van der Waals surface area contributed by atoms with Gasteiger partial charge in [-0.05, 0) is 63.5 Å². The molecule has 4 heteroatoms. The minimum absolute atomic E-state index is 0.421. The Labute approximate surface area is 133 Å². The molecule has 0 fully saturated rings. The number of hydrogen-bond donors (Lipinski definition) is 1. The van der Waals surface area contributed by atoms with E-state index in [9.17, 15) is 0 Å². The molecular weight excluding hydrogens is 288 g/mol. The van der Waals surface area contributed by atoms with Crippen LogP contribution < -0.4 is 5.32 Å². The third-order valence-electron chi connectivity index (χ3n) is 3.88. The molecule has 0 radical (unpaired) electrons. The molecule has 0 amide bonds. The van der Waals surface area contributed by atoms with E-state index >= 15 is 0 Å². The van der Waals surface area contributed by atoms with E-state index in [1.165, 1.54) is 0 Å². The number of benzene rings is 1. The van der Waals surface area contributed by atoms with Crippen LogP contribution >= 0.6 is 23.8 Å². The summed E-state index contributed by atoms with van der Waals surface area (Å²) in [6.45, 7) is 10.8. The molecule has 2 nitrogen and oxygen atoms in total. The normalized spacial score (nSPS) is 13.7. The van der Waals surface area contributed by atoms with Crippen LogP contribution in [-0.2, 0) is 0 Å². The van der Waals surface area contributed by atoms with Crippen molar-refractivity contribution in [3.63, 3.8) is 0 Å². The highest BCUT2D eigenvalue weighted by atomic mass is 35.5. The summed E-state index contributed by atoms with van der Waals surface area (Å²) in [6.07, 6.45) is 2.14. The van der Waals surface area contributed by atoms with E-state index in [-0.39, 0.29) is 0 Å². The van der Waals surface area contributed by atoms with Gasteiger partial charge in [0.2, 0.25) is 0 Å². The summed E-state index contributed by atoms with van der Waals surface area (Å²) in [5.74, 6) is 0. The number of nitrogens with one attached hydrogen (secondary N) is 1. The highest BCUT2D eigenvalue weighted by Crippen LogP contribution is 2.24. The van der Waals surface area contributed by atoms with Crippen LogP contribution in [0.4, 0.5) is 5.69 Å². The summed E-state index contributed by atoms with van der Waals surface area (Å²) < 4.78 is 0. The van der Waals surface area contributed by atoms with Gasteiger partial charge in [-0.25, -0.2) is 0 Å². The SMILES string of the molecule is CCC(C)N(C(=S)Nc1cccc(Cl)c1C)C(C)CC. The summed E-state index contributed by atoms with van der Waals surface area (Å²) in [7, 11) is 0. The Morgan fingerprint density at radius 2 is 1.80 bits per heavy atom. The fourth-order valence-electron chi connectivity index (χ4n) is 2.15. The molecule has 0 aromatic heterocycles. The molecule has 0 heterocycles. The van der Waals surface area contributed by atoms with Gasteiger partial charge in [0, 0.05) is 22.8 Å². The zero-order valence-corrected chi connectivity index (χ0v) is 14.6. The van der Waals surface area contributed by atoms with Crippen molar-refractivity contribution in [3.8, 4) is 0 Å². The first-order valence-electron chi connectivity index (χ1n) is 7.26. The molecular formula is C16H25ClN2S. The number of rotatable bonds is 5. The van der Waals surface area contributed by atoms with E-state index in [0.29, 0.717) is 12.1 Å². The summed E-state index contributed by atoms with van der Waals surface area (Å²) in [6, 6.07) is 6.69. The topological polar surface area (TPSA) is 15.3 Å². The van der Waals surface area contributed by atoms with Gasteiger partial charge >= 0.3 is 0 Å². The summed E-state index contributed by atoms with van der Waals surface area (Å²) in [5.41, 5.74) is 2.02. The summed E-state index contributed by atoms with van der Waals surface area (Å²) in [4.78, 5) is 2.29. The van der Waals surface area contributed by atoms with Gasteiger partial charge in [-0.2, -0.15) is 0 Å². The number of thiocarbonyl (C=S) groups is 1. The Bertz CT molecular complexity index is 452. The average Bonchev–Trinajstić information content (AvgIpc) is 2.43. The van der Waals surface area contributed by atoms with E-state index in [1.54, 1.807) is 0 Å². The predicted octanol–water partition coefficient (Wildman–Crippen LogP) is 5.24. The molecule has 0 saturated heterocycles. The maximum absolute atomic E-state index is 6.16. The van der Waals surface area contributed by atoms with Gasteiger partial charge in [0.05, 0.1) is 0 Å². The van der Waals surface area contributed by atoms with Gasteiger partial charge in [0.15, 0.2) is 5.11 Å². The molecule has 0 bridgehead atoms. The second kappa shape index (κ2) is 7.84. The minimum atomic E-state index is 0.421. The second-order valence-corrected chi connectivity index (χ2v) is 6.06. The first-order valence-corrected chi connectivity index (χ1v) is 8.05. The molecule has 1 rings (SSSR count). The van der Waals surface area contributed by atoms with Gasteiger partial charge in [0.25, 0.3) is 0 Å². The molecule has 2 unspecified atom stereocenters. The van der Waals surface area contributed by atoms with Gasteiger partial charge in [-0.3, -0.25) is 0 Å². The Balaban J connectivity index is 2.93. The predicted molar refractivity (Wildman–Crippen MR) is 93.8 cm³/mol. The van der Waals surface area contributed by atoms with E-state index < -0.39 is 0 Å². The molecule has 1 N–H and O–H groups in total. The average molecular weight is 313 g/mol. The van der Waals surface area contributed by atoms with Crippen molar-refractivity contribution in [2.75, 3.05) is 5.32 Å². The van der Waals surface area contributed by atoms with Crippen LogP contribution in [-0.4, -0.2) is 22.1 Å². The van der Waals surface area contributed by atoms with Crippen molar-refractivity contribution in [3.05, 3.63) is 28.8 Å². The summed E-state index contributed by atoms with van der Waals surface area (Å²) >= 11 is 11.8.